The third-order valence-electron chi connectivity index (χ3n) is 3.43. The minimum absolute atomic E-state index is 0.0140. The van der Waals surface area contributed by atoms with Crippen LogP contribution in [-0.4, -0.2) is 36.6 Å². The molecule has 1 aromatic rings. The summed E-state index contributed by atoms with van der Waals surface area (Å²) < 4.78 is 6.37. The minimum Gasteiger partial charge on any atom is -0.449 e. The highest BCUT2D eigenvalue weighted by atomic mass is 127. The molecule has 0 atom stereocenters. The van der Waals surface area contributed by atoms with Crippen LogP contribution in [-0.2, 0) is 16.1 Å². The molecule has 0 aliphatic carbocycles. The maximum atomic E-state index is 12.3. The van der Waals surface area contributed by atoms with Gasteiger partial charge in [0.05, 0.1) is 6.61 Å². The van der Waals surface area contributed by atoms with Gasteiger partial charge in [-0.25, -0.2) is 4.79 Å². The molecule has 0 bridgehead atoms. The molecule has 5 nitrogen and oxygen atoms in total. The Balaban J connectivity index is 2.67. The second-order valence-corrected chi connectivity index (χ2v) is 6.90. The van der Waals surface area contributed by atoms with E-state index in [0.717, 1.165) is 34.8 Å². The lowest BCUT2D eigenvalue weighted by atomic mass is 10.2. The number of amides is 2. The van der Waals surface area contributed by atoms with Crippen molar-refractivity contribution in [2.75, 3.05) is 19.7 Å². The van der Waals surface area contributed by atoms with Gasteiger partial charge < -0.3 is 10.1 Å². The summed E-state index contributed by atoms with van der Waals surface area (Å²) in [5.41, 5.74) is 0.982. The lowest BCUT2D eigenvalue weighted by Gasteiger charge is -2.22. The highest BCUT2D eigenvalue weighted by Gasteiger charge is 2.19. The number of nitrogens with one attached hydrogen (secondary N) is 1. The van der Waals surface area contributed by atoms with E-state index in [9.17, 15) is 9.59 Å². The average molecular weight is 446 g/mol. The molecular weight excluding hydrogens is 419 g/mol. The molecule has 6 heteroatoms. The molecule has 0 heterocycles. The zero-order valence-electron chi connectivity index (χ0n) is 14.5. The van der Waals surface area contributed by atoms with Crippen molar-refractivity contribution >= 4 is 34.6 Å². The van der Waals surface area contributed by atoms with E-state index in [0.29, 0.717) is 19.7 Å². The van der Waals surface area contributed by atoms with Gasteiger partial charge in [-0.2, -0.15) is 0 Å². The van der Waals surface area contributed by atoms with Gasteiger partial charge in [0.2, 0.25) is 5.91 Å². The number of rotatable bonds is 10. The Morgan fingerprint density at radius 3 is 2.62 bits per heavy atom. The van der Waals surface area contributed by atoms with Crippen LogP contribution in [0, 0.1) is 3.57 Å². The van der Waals surface area contributed by atoms with E-state index in [1.165, 1.54) is 4.90 Å². The first-order valence-electron chi connectivity index (χ1n) is 8.49. The van der Waals surface area contributed by atoms with Gasteiger partial charge in [-0.1, -0.05) is 38.8 Å². The lowest BCUT2D eigenvalue weighted by molar-refractivity contribution is -0.122. The van der Waals surface area contributed by atoms with Crippen molar-refractivity contribution in [2.24, 2.45) is 0 Å². The molecule has 0 fully saturated rings. The summed E-state index contributed by atoms with van der Waals surface area (Å²) in [5, 5.41) is 2.84. The number of nitrogens with zero attached hydrogens (tertiary/aromatic N) is 1. The number of hydrogen-bond donors (Lipinski definition) is 1. The molecule has 0 saturated heterocycles. The molecule has 0 unspecified atom stereocenters. The zero-order valence-corrected chi connectivity index (χ0v) is 16.7. The Hall–Kier alpha value is -1.31. The van der Waals surface area contributed by atoms with E-state index < -0.39 is 6.09 Å². The fourth-order valence-electron chi connectivity index (χ4n) is 2.07. The second-order valence-electron chi connectivity index (χ2n) is 5.66. The second kappa shape index (κ2) is 12.1. The molecular formula is C18H27IN2O3. The van der Waals surface area contributed by atoms with E-state index in [4.69, 9.17) is 4.74 Å². The van der Waals surface area contributed by atoms with Gasteiger partial charge in [-0.3, -0.25) is 9.69 Å². The van der Waals surface area contributed by atoms with E-state index in [2.05, 4.69) is 34.8 Å². The summed E-state index contributed by atoms with van der Waals surface area (Å²) in [7, 11) is 0. The van der Waals surface area contributed by atoms with E-state index in [-0.39, 0.29) is 12.5 Å². The fraction of sp³-hybridized carbons (Fsp3) is 0.556. The summed E-state index contributed by atoms with van der Waals surface area (Å²) in [6, 6.07) is 7.88. The number of carbonyl (C=O) groups is 2. The van der Waals surface area contributed by atoms with Gasteiger partial charge >= 0.3 is 6.09 Å². The first-order chi connectivity index (χ1) is 11.6. The summed E-state index contributed by atoms with van der Waals surface area (Å²) in [4.78, 5) is 25.8. The van der Waals surface area contributed by atoms with Crippen molar-refractivity contribution in [3.05, 3.63) is 33.4 Å². The van der Waals surface area contributed by atoms with Gasteiger partial charge in [0.15, 0.2) is 0 Å². The van der Waals surface area contributed by atoms with Crippen molar-refractivity contribution in [1.82, 2.24) is 10.2 Å². The van der Waals surface area contributed by atoms with Gasteiger partial charge in [0.1, 0.15) is 6.54 Å². The zero-order chi connectivity index (χ0) is 17.8. The highest BCUT2D eigenvalue weighted by Crippen LogP contribution is 2.11. The molecule has 0 aliphatic rings. The average Bonchev–Trinajstić information content (AvgIpc) is 2.54. The summed E-state index contributed by atoms with van der Waals surface area (Å²) >= 11 is 2.23. The Kier molecular flexibility index (Phi) is 10.5. The van der Waals surface area contributed by atoms with Gasteiger partial charge in [-0.15, -0.1) is 0 Å². The van der Waals surface area contributed by atoms with Gasteiger partial charge in [0.25, 0.3) is 0 Å². The Labute approximate surface area is 158 Å². The predicted molar refractivity (Wildman–Crippen MR) is 104 cm³/mol. The molecule has 134 valence electrons. The molecule has 24 heavy (non-hydrogen) atoms. The van der Waals surface area contributed by atoms with Crippen LogP contribution < -0.4 is 5.32 Å². The third-order valence-corrected chi connectivity index (χ3v) is 4.10. The van der Waals surface area contributed by atoms with E-state index in [1.807, 2.05) is 31.2 Å². The molecule has 0 saturated carbocycles. The molecule has 1 N–H and O–H groups in total. The van der Waals surface area contributed by atoms with Crippen LogP contribution in [0.2, 0.25) is 0 Å². The largest absolute Gasteiger partial charge is 0.449 e. The molecule has 0 aliphatic heterocycles. The van der Waals surface area contributed by atoms with Crippen LogP contribution in [0.4, 0.5) is 4.79 Å². The van der Waals surface area contributed by atoms with E-state index >= 15 is 0 Å². The van der Waals surface area contributed by atoms with Crippen LogP contribution in [0.3, 0.4) is 0 Å². The molecule has 1 rings (SSSR count). The van der Waals surface area contributed by atoms with Crippen LogP contribution in [0.15, 0.2) is 24.3 Å². The molecule has 0 spiro atoms. The molecule has 0 radical (unpaired) electrons. The minimum atomic E-state index is -0.437. The number of unbranched alkanes of at least 4 members (excludes halogenated alkanes) is 2. The van der Waals surface area contributed by atoms with Crippen molar-refractivity contribution in [3.63, 3.8) is 0 Å². The van der Waals surface area contributed by atoms with Gasteiger partial charge in [-0.05, 0) is 53.1 Å². The maximum Gasteiger partial charge on any atom is 0.410 e. The number of ether oxygens (including phenoxy) is 1. The molecule has 1 aromatic carbocycles. The van der Waals surface area contributed by atoms with Crippen LogP contribution in [0.5, 0.6) is 0 Å². The number of halogens is 1. The Bertz CT molecular complexity index is 523. The van der Waals surface area contributed by atoms with Gasteiger partial charge in [0, 0.05) is 16.7 Å². The van der Waals surface area contributed by atoms with E-state index in [1.54, 1.807) is 0 Å². The van der Waals surface area contributed by atoms with Crippen molar-refractivity contribution in [1.29, 1.82) is 0 Å². The SMILES string of the molecule is CCCCNC(=O)CN(Cc1cccc(I)c1)C(=O)OCCCC. The van der Waals surface area contributed by atoms with Crippen molar-refractivity contribution in [3.8, 4) is 0 Å². The number of carbonyl (C=O) groups excluding carboxylic acids is 2. The maximum absolute atomic E-state index is 12.3. The monoisotopic (exact) mass is 446 g/mol. The summed E-state index contributed by atoms with van der Waals surface area (Å²) in [6.07, 6.45) is 3.30. The molecule has 0 aromatic heterocycles. The first kappa shape index (κ1) is 20.7. The quantitative estimate of drug-likeness (QED) is 0.438. The highest BCUT2D eigenvalue weighted by molar-refractivity contribution is 14.1. The smallest absolute Gasteiger partial charge is 0.410 e. The number of benzene rings is 1. The predicted octanol–water partition coefficient (Wildman–Crippen LogP) is 3.95. The Morgan fingerprint density at radius 2 is 1.96 bits per heavy atom. The normalized spacial score (nSPS) is 10.3. The van der Waals surface area contributed by atoms with Crippen LogP contribution in [0.1, 0.15) is 45.1 Å². The number of hydrogen-bond acceptors (Lipinski definition) is 3. The third kappa shape index (κ3) is 8.52. The fourth-order valence-corrected chi connectivity index (χ4v) is 2.68. The first-order valence-corrected chi connectivity index (χ1v) is 9.57. The van der Waals surface area contributed by atoms with Crippen LogP contribution >= 0.6 is 22.6 Å². The van der Waals surface area contributed by atoms with Crippen molar-refractivity contribution < 1.29 is 14.3 Å². The van der Waals surface area contributed by atoms with Crippen LogP contribution in [0.25, 0.3) is 0 Å². The standard InChI is InChI=1S/C18H27IN2O3/c1-3-5-10-20-17(22)14-21(18(23)24-11-6-4-2)13-15-8-7-9-16(19)12-15/h7-9,12H,3-6,10-11,13-14H2,1-2H3,(H,20,22). The lowest BCUT2D eigenvalue weighted by Crippen LogP contribution is -2.41. The Morgan fingerprint density at radius 1 is 1.21 bits per heavy atom. The topological polar surface area (TPSA) is 58.6 Å². The summed E-state index contributed by atoms with van der Waals surface area (Å²) in [6.45, 7) is 5.51. The summed E-state index contributed by atoms with van der Waals surface area (Å²) in [5.74, 6) is -0.151. The van der Waals surface area contributed by atoms with Crippen molar-refractivity contribution in [2.45, 2.75) is 46.1 Å². The molecule has 2 amide bonds.